The Balaban J connectivity index is 1.47. The summed E-state index contributed by atoms with van der Waals surface area (Å²) in [4.78, 5) is 17.6. The summed E-state index contributed by atoms with van der Waals surface area (Å²) >= 11 is 0. The molecule has 2 atom stereocenters. The number of hydrogen-bond donors (Lipinski definition) is 2. The number of nitrogens with zero attached hydrogens (tertiary/aromatic N) is 3. The summed E-state index contributed by atoms with van der Waals surface area (Å²) in [6.45, 7) is 4.24. The Labute approximate surface area is 198 Å². The lowest BCUT2D eigenvalue weighted by Crippen LogP contribution is -2.35. The Kier molecular flexibility index (Phi) is 7.13. The Morgan fingerprint density at radius 3 is 2.50 bits per heavy atom. The minimum atomic E-state index is -0.614. The van der Waals surface area contributed by atoms with Crippen molar-refractivity contribution in [1.29, 1.82) is 0 Å². The first-order valence-corrected chi connectivity index (χ1v) is 11.2. The van der Waals surface area contributed by atoms with E-state index in [1.807, 2.05) is 75.6 Å². The molecule has 0 aliphatic carbocycles. The molecule has 0 radical (unpaired) electrons. The van der Waals surface area contributed by atoms with Gasteiger partial charge >= 0.3 is 0 Å². The van der Waals surface area contributed by atoms with Crippen LogP contribution in [0.4, 0.5) is 10.2 Å². The molecule has 0 bridgehead atoms. The number of aromatic nitrogens is 3. The monoisotopic (exact) mass is 457 g/mol. The van der Waals surface area contributed by atoms with Crippen LogP contribution in [0.3, 0.4) is 0 Å². The van der Waals surface area contributed by atoms with Crippen LogP contribution in [0.5, 0.6) is 0 Å². The van der Waals surface area contributed by atoms with E-state index in [4.69, 9.17) is 0 Å². The van der Waals surface area contributed by atoms with E-state index in [0.717, 1.165) is 22.3 Å². The van der Waals surface area contributed by atoms with Gasteiger partial charge in [0.05, 0.1) is 6.20 Å². The highest BCUT2D eigenvalue weighted by atomic mass is 19.1. The highest BCUT2D eigenvalue weighted by molar-refractivity contribution is 5.95. The summed E-state index contributed by atoms with van der Waals surface area (Å²) in [5.41, 5.74) is 4.19. The summed E-state index contributed by atoms with van der Waals surface area (Å²) in [6.07, 6.45) is 5.38. The molecule has 2 heterocycles. The first kappa shape index (κ1) is 23.3. The van der Waals surface area contributed by atoms with Gasteiger partial charge in [0, 0.05) is 37.1 Å². The van der Waals surface area contributed by atoms with Gasteiger partial charge in [0.1, 0.15) is 17.7 Å². The molecular weight excluding hydrogens is 429 g/mol. The number of carbonyl (C=O) groups excluding carboxylic acids is 1. The van der Waals surface area contributed by atoms with E-state index >= 15 is 0 Å². The van der Waals surface area contributed by atoms with E-state index in [-0.39, 0.29) is 17.6 Å². The summed E-state index contributed by atoms with van der Waals surface area (Å²) in [5, 5.41) is 10.4. The molecule has 4 aromatic rings. The second-order valence-electron chi connectivity index (χ2n) is 8.50. The Hall–Kier alpha value is -3.84. The van der Waals surface area contributed by atoms with Crippen LogP contribution in [0, 0.1) is 12.7 Å². The summed E-state index contributed by atoms with van der Waals surface area (Å²) in [5.74, 6) is -0.119. The Bertz CT molecular complexity index is 1250. The van der Waals surface area contributed by atoms with Crippen molar-refractivity contribution in [1.82, 2.24) is 20.1 Å². The van der Waals surface area contributed by atoms with E-state index < -0.39 is 6.04 Å². The van der Waals surface area contributed by atoms with E-state index in [9.17, 15) is 9.18 Å². The molecule has 0 aliphatic rings. The van der Waals surface area contributed by atoms with Crippen LogP contribution in [-0.2, 0) is 11.8 Å². The quantitative estimate of drug-likeness (QED) is 0.391. The van der Waals surface area contributed by atoms with E-state index in [1.54, 1.807) is 23.1 Å². The molecule has 174 valence electrons. The normalized spacial score (nSPS) is 12.8. The zero-order valence-corrected chi connectivity index (χ0v) is 19.5. The molecule has 2 aromatic carbocycles. The van der Waals surface area contributed by atoms with Crippen molar-refractivity contribution >= 4 is 11.7 Å². The van der Waals surface area contributed by atoms with Crippen LogP contribution in [0.25, 0.3) is 11.1 Å². The van der Waals surface area contributed by atoms with Crippen LogP contribution in [-0.4, -0.2) is 27.2 Å². The molecule has 2 aromatic heterocycles. The Morgan fingerprint density at radius 2 is 1.85 bits per heavy atom. The Morgan fingerprint density at radius 1 is 1.06 bits per heavy atom. The molecule has 0 saturated carbocycles. The number of pyridine rings is 1. The number of halogens is 1. The van der Waals surface area contributed by atoms with Gasteiger partial charge in [0.2, 0.25) is 5.91 Å². The highest BCUT2D eigenvalue weighted by Crippen LogP contribution is 2.23. The number of anilines is 1. The second kappa shape index (κ2) is 10.4. The fourth-order valence-corrected chi connectivity index (χ4v) is 3.85. The molecule has 0 aliphatic heterocycles. The average Bonchev–Trinajstić information content (AvgIpc) is 3.26. The lowest BCUT2D eigenvalue weighted by Gasteiger charge is -2.22. The van der Waals surface area contributed by atoms with Crippen molar-refractivity contribution in [2.24, 2.45) is 7.05 Å². The fraction of sp³-hybridized carbons (Fsp3) is 0.222. The van der Waals surface area contributed by atoms with Gasteiger partial charge in [-0.3, -0.25) is 9.48 Å². The third kappa shape index (κ3) is 5.55. The third-order valence-corrected chi connectivity index (χ3v) is 5.76. The number of rotatable bonds is 8. The highest BCUT2D eigenvalue weighted by Gasteiger charge is 2.22. The van der Waals surface area contributed by atoms with E-state index in [0.29, 0.717) is 17.9 Å². The second-order valence-corrected chi connectivity index (χ2v) is 8.50. The average molecular weight is 458 g/mol. The van der Waals surface area contributed by atoms with Crippen molar-refractivity contribution in [3.8, 4) is 11.1 Å². The SMILES string of the molecule is Cc1ccc([C@H](C)CN[C@@H](C(=O)Nc2ccc(-c3cnn(C)c3)cn2)c2ccccc2)c(F)c1. The summed E-state index contributed by atoms with van der Waals surface area (Å²) in [6, 6.07) is 17.8. The van der Waals surface area contributed by atoms with Gasteiger partial charge in [-0.15, -0.1) is 0 Å². The van der Waals surface area contributed by atoms with Gasteiger partial charge in [-0.2, -0.15) is 5.10 Å². The van der Waals surface area contributed by atoms with E-state index in [1.165, 1.54) is 6.07 Å². The van der Waals surface area contributed by atoms with Gasteiger partial charge in [-0.05, 0) is 47.7 Å². The maximum atomic E-state index is 14.4. The topological polar surface area (TPSA) is 71.8 Å². The van der Waals surface area contributed by atoms with Gasteiger partial charge in [-0.1, -0.05) is 49.4 Å². The third-order valence-electron chi connectivity index (χ3n) is 5.76. The van der Waals surface area contributed by atoms with Gasteiger partial charge in [0.15, 0.2) is 0 Å². The van der Waals surface area contributed by atoms with Gasteiger partial charge < -0.3 is 10.6 Å². The first-order chi connectivity index (χ1) is 16.4. The lowest BCUT2D eigenvalue weighted by atomic mass is 9.98. The summed E-state index contributed by atoms with van der Waals surface area (Å²) < 4.78 is 16.2. The number of hydrogen-bond acceptors (Lipinski definition) is 4. The number of carbonyl (C=O) groups is 1. The number of aryl methyl sites for hydroxylation is 2. The predicted octanol–water partition coefficient (Wildman–Crippen LogP) is 5.00. The molecule has 1 amide bonds. The van der Waals surface area contributed by atoms with Crippen molar-refractivity contribution < 1.29 is 9.18 Å². The molecule has 0 unspecified atom stereocenters. The van der Waals surface area contributed by atoms with Crippen LogP contribution in [0.2, 0.25) is 0 Å². The zero-order chi connectivity index (χ0) is 24.1. The number of nitrogens with one attached hydrogen (secondary N) is 2. The maximum absolute atomic E-state index is 14.4. The molecule has 4 rings (SSSR count). The lowest BCUT2D eigenvalue weighted by molar-refractivity contribution is -0.118. The van der Waals surface area contributed by atoms with Crippen LogP contribution in [0.1, 0.15) is 35.6 Å². The van der Waals surface area contributed by atoms with Crippen molar-refractivity contribution in [3.63, 3.8) is 0 Å². The molecule has 0 fully saturated rings. The molecule has 2 N–H and O–H groups in total. The molecule has 7 heteroatoms. The van der Waals surface area contributed by atoms with Gasteiger partial charge in [0.25, 0.3) is 0 Å². The van der Waals surface area contributed by atoms with Crippen LogP contribution >= 0.6 is 0 Å². The smallest absolute Gasteiger partial charge is 0.247 e. The van der Waals surface area contributed by atoms with Crippen LogP contribution < -0.4 is 10.6 Å². The largest absolute Gasteiger partial charge is 0.309 e. The predicted molar refractivity (Wildman–Crippen MR) is 132 cm³/mol. The van der Waals surface area contributed by atoms with Crippen molar-refractivity contribution in [2.75, 3.05) is 11.9 Å². The minimum Gasteiger partial charge on any atom is -0.309 e. The molecule has 0 saturated heterocycles. The standard InChI is InChI=1S/C27H28FN5O/c1-18-9-11-23(24(28)13-18)19(2)14-30-26(20-7-5-4-6-8-20)27(34)32-25-12-10-21(15-29-25)22-16-31-33(3)17-22/h4-13,15-17,19,26,30H,14H2,1-3H3,(H,29,32,34)/t19-,26-/m1/s1. The minimum absolute atomic E-state index is 0.114. The van der Waals surface area contributed by atoms with Gasteiger partial charge in [-0.25, -0.2) is 9.37 Å². The fourth-order valence-electron chi connectivity index (χ4n) is 3.85. The van der Waals surface area contributed by atoms with E-state index in [2.05, 4.69) is 20.7 Å². The zero-order valence-electron chi connectivity index (χ0n) is 19.5. The first-order valence-electron chi connectivity index (χ1n) is 11.2. The summed E-state index contributed by atoms with van der Waals surface area (Å²) in [7, 11) is 1.86. The van der Waals surface area contributed by atoms with Crippen molar-refractivity contribution in [2.45, 2.75) is 25.8 Å². The maximum Gasteiger partial charge on any atom is 0.247 e. The molecule has 0 spiro atoms. The molecular formula is C27H28FN5O. The van der Waals surface area contributed by atoms with Crippen LogP contribution in [0.15, 0.2) is 79.3 Å². The molecule has 34 heavy (non-hydrogen) atoms. The number of benzene rings is 2. The van der Waals surface area contributed by atoms with Crippen molar-refractivity contribution in [3.05, 3.63) is 102 Å². The number of amides is 1. The molecule has 6 nitrogen and oxygen atoms in total.